The van der Waals surface area contributed by atoms with Gasteiger partial charge in [0.15, 0.2) is 0 Å². The van der Waals surface area contributed by atoms with E-state index in [9.17, 15) is 19.6 Å². The van der Waals surface area contributed by atoms with Gasteiger partial charge in [-0.25, -0.2) is 4.79 Å². The number of rotatable bonds is 6. The molecule has 0 spiro atoms. The monoisotopic (exact) mass is 384 g/mol. The lowest BCUT2D eigenvalue weighted by molar-refractivity contribution is -0.131. The summed E-state index contributed by atoms with van der Waals surface area (Å²) in [4.78, 5) is 24.8. The lowest BCUT2D eigenvalue weighted by Gasteiger charge is -2.29. The largest absolute Gasteiger partial charge is 0.451 e. The highest BCUT2D eigenvalue weighted by Gasteiger charge is 2.47. The number of hydrogen-bond acceptors (Lipinski definition) is 5. The quantitative estimate of drug-likeness (QED) is 0.526. The Hall–Kier alpha value is -1.28. The van der Waals surface area contributed by atoms with Crippen LogP contribution in [0, 0.1) is 17.3 Å². The second-order valence-corrected chi connectivity index (χ2v) is 10.1. The highest BCUT2D eigenvalue weighted by Crippen LogP contribution is 2.47. The second kappa shape index (κ2) is 8.82. The molecule has 1 aliphatic rings. The van der Waals surface area contributed by atoms with Crippen molar-refractivity contribution >= 4 is 19.1 Å². The van der Waals surface area contributed by atoms with Crippen LogP contribution in [0.1, 0.15) is 67.7 Å². The Balaban J connectivity index is 2.79. The molecule has 3 atom stereocenters. The molecule has 1 rings (SSSR count). The van der Waals surface area contributed by atoms with Gasteiger partial charge in [-0.2, -0.15) is 0 Å². The summed E-state index contributed by atoms with van der Waals surface area (Å²) >= 11 is 0. The van der Waals surface area contributed by atoms with Gasteiger partial charge in [0.1, 0.15) is 5.60 Å². The average Bonchev–Trinajstić information content (AvgIpc) is 2.77. The summed E-state index contributed by atoms with van der Waals surface area (Å²) in [6.45, 7) is 13.6. The molecule has 0 saturated heterocycles. The van der Waals surface area contributed by atoms with Crippen LogP contribution in [-0.4, -0.2) is 46.9 Å². The van der Waals surface area contributed by atoms with E-state index in [0.29, 0.717) is 25.8 Å². The highest BCUT2D eigenvalue weighted by atomic mass is 16.6. The predicted octanol–water partition coefficient (Wildman–Crippen LogP) is 2.32. The van der Waals surface area contributed by atoms with E-state index in [2.05, 4.69) is 10.6 Å². The number of ether oxygens (including phenoxy) is 1. The highest BCUT2D eigenvalue weighted by molar-refractivity contribution is 6.40. The molecule has 0 aromatic carbocycles. The van der Waals surface area contributed by atoms with Crippen molar-refractivity contribution in [3.8, 4) is 0 Å². The molecule has 0 radical (unpaired) electrons. The third kappa shape index (κ3) is 8.51. The molecule has 1 saturated carbocycles. The molecule has 27 heavy (non-hydrogen) atoms. The number of hydrogen-bond donors (Lipinski definition) is 4. The van der Waals surface area contributed by atoms with Crippen LogP contribution in [0.25, 0.3) is 0 Å². The number of amides is 2. The van der Waals surface area contributed by atoms with Crippen molar-refractivity contribution in [3.05, 3.63) is 0 Å². The van der Waals surface area contributed by atoms with Gasteiger partial charge in [0, 0.05) is 17.5 Å². The van der Waals surface area contributed by atoms with Crippen molar-refractivity contribution in [2.45, 2.75) is 85.2 Å². The van der Waals surface area contributed by atoms with Gasteiger partial charge in [0.25, 0.3) is 0 Å². The van der Waals surface area contributed by atoms with Crippen molar-refractivity contribution < 1.29 is 24.4 Å². The molecule has 0 aromatic rings. The maximum atomic E-state index is 12.8. The van der Waals surface area contributed by atoms with E-state index in [4.69, 9.17) is 4.74 Å². The number of alkyl carbamates (subject to hydrolysis) is 1. The summed E-state index contributed by atoms with van der Waals surface area (Å²) in [5, 5.41) is 24.3. The maximum Gasteiger partial charge on any atom is 0.451 e. The fourth-order valence-corrected chi connectivity index (χ4v) is 3.72. The van der Waals surface area contributed by atoms with Crippen molar-refractivity contribution in [2.24, 2.45) is 17.3 Å². The fraction of sp³-hybridized carbons (Fsp3) is 0.895. The lowest BCUT2D eigenvalue weighted by Crippen LogP contribution is -2.47. The summed E-state index contributed by atoms with van der Waals surface area (Å²) in [6.07, 6.45) is 1.66. The standard InChI is InChI=1S/C19H37BN2O5/c1-17(2,3)22-15(23)19(7)10-13(8-9-20(25)26)14(11-19)12-21-16(24)27-18(4,5)6/h13-14,25-26H,8-12H2,1-7H3,(H,21,24)(H,22,23)/t13-,14+,19+/m0/s1. The molecule has 0 unspecified atom stereocenters. The van der Waals surface area contributed by atoms with Gasteiger partial charge in [-0.05, 0) is 72.5 Å². The molecule has 4 N–H and O–H groups in total. The number of nitrogens with one attached hydrogen (secondary N) is 2. The van der Waals surface area contributed by atoms with Crippen molar-refractivity contribution in [2.75, 3.05) is 6.54 Å². The number of carbonyl (C=O) groups excluding carboxylic acids is 2. The summed E-state index contributed by atoms with van der Waals surface area (Å²) < 4.78 is 5.29. The van der Waals surface area contributed by atoms with Gasteiger partial charge < -0.3 is 25.4 Å². The topological polar surface area (TPSA) is 108 Å². The van der Waals surface area contributed by atoms with Gasteiger partial charge >= 0.3 is 13.2 Å². The fourth-order valence-electron chi connectivity index (χ4n) is 3.72. The Morgan fingerprint density at radius 2 is 1.67 bits per heavy atom. The molecule has 7 nitrogen and oxygen atoms in total. The van der Waals surface area contributed by atoms with Crippen LogP contribution in [0.4, 0.5) is 4.79 Å². The van der Waals surface area contributed by atoms with Gasteiger partial charge in [-0.3, -0.25) is 4.79 Å². The van der Waals surface area contributed by atoms with Gasteiger partial charge in [-0.15, -0.1) is 0 Å². The Morgan fingerprint density at radius 1 is 1.11 bits per heavy atom. The zero-order valence-electron chi connectivity index (χ0n) is 17.9. The maximum absolute atomic E-state index is 12.8. The molecule has 0 aliphatic heterocycles. The third-order valence-electron chi connectivity index (χ3n) is 4.83. The predicted molar refractivity (Wildman–Crippen MR) is 106 cm³/mol. The van der Waals surface area contributed by atoms with E-state index >= 15 is 0 Å². The molecular formula is C19H37BN2O5. The van der Waals surface area contributed by atoms with E-state index in [-0.39, 0.29) is 29.6 Å². The zero-order chi connectivity index (χ0) is 21.0. The van der Waals surface area contributed by atoms with Crippen molar-refractivity contribution in [1.82, 2.24) is 10.6 Å². The SMILES string of the molecule is CC(C)(C)NC(=O)[C@]1(C)C[C@H](CCB(O)O)[C@@H](CNC(=O)OC(C)(C)C)C1. The summed E-state index contributed by atoms with van der Waals surface area (Å²) in [6, 6.07) is 0. The van der Waals surface area contributed by atoms with Crippen LogP contribution in [0.2, 0.25) is 6.32 Å². The summed E-state index contributed by atoms with van der Waals surface area (Å²) in [5.41, 5.74) is -1.43. The minimum absolute atomic E-state index is 0.00400. The first-order valence-electron chi connectivity index (χ1n) is 9.77. The third-order valence-corrected chi connectivity index (χ3v) is 4.83. The van der Waals surface area contributed by atoms with Crippen LogP contribution < -0.4 is 10.6 Å². The summed E-state index contributed by atoms with van der Waals surface area (Å²) in [7, 11) is -1.36. The molecule has 0 aromatic heterocycles. The molecule has 1 fully saturated rings. The van der Waals surface area contributed by atoms with E-state index in [0.717, 1.165) is 0 Å². The lowest BCUT2D eigenvalue weighted by atomic mass is 9.78. The minimum Gasteiger partial charge on any atom is -0.444 e. The van der Waals surface area contributed by atoms with Crippen LogP contribution in [-0.2, 0) is 9.53 Å². The van der Waals surface area contributed by atoms with E-state index in [1.807, 2.05) is 48.5 Å². The first-order valence-corrected chi connectivity index (χ1v) is 9.77. The first-order chi connectivity index (χ1) is 12.1. The molecule has 156 valence electrons. The zero-order valence-corrected chi connectivity index (χ0v) is 17.9. The Bertz CT molecular complexity index is 527. The van der Waals surface area contributed by atoms with Crippen molar-refractivity contribution in [1.29, 1.82) is 0 Å². The smallest absolute Gasteiger partial charge is 0.444 e. The number of carbonyl (C=O) groups is 2. The molecule has 8 heteroatoms. The first kappa shape index (κ1) is 23.8. The molecular weight excluding hydrogens is 347 g/mol. The van der Waals surface area contributed by atoms with Crippen LogP contribution in [0.15, 0.2) is 0 Å². The normalized spacial score (nSPS) is 25.8. The van der Waals surface area contributed by atoms with Crippen LogP contribution in [0.3, 0.4) is 0 Å². The van der Waals surface area contributed by atoms with Gasteiger partial charge in [-0.1, -0.05) is 13.3 Å². The van der Waals surface area contributed by atoms with Crippen LogP contribution >= 0.6 is 0 Å². The van der Waals surface area contributed by atoms with Gasteiger partial charge in [0.05, 0.1) is 0 Å². The Morgan fingerprint density at radius 3 is 2.15 bits per heavy atom. The second-order valence-electron chi connectivity index (χ2n) is 10.1. The Labute approximate surface area is 163 Å². The minimum atomic E-state index is -1.36. The molecule has 0 heterocycles. The molecule has 2 amide bonds. The van der Waals surface area contributed by atoms with Gasteiger partial charge in [0.2, 0.25) is 5.91 Å². The summed E-state index contributed by atoms with van der Waals surface area (Å²) in [5.74, 6) is 0.203. The van der Waals surface area contributed by atoms with E-state index in [1.54, 1.807) is 0 Å². The van der Waals surface area contributed by atoms with E-state index < -0.39 is 24.2 Å². The van der Waals surface area contributed by atoms with Crippen LogP contribution in [0.5, 0.6) is 0 Å². The Kier molecular flexibility index (Phi) is 7.76. The average molecular weight is 384 g/mol. The van der Waals surface area contributed by atoms with E-state index in [1.165, 1.54) is 0 Å². The molecule has 1 aliphatic carbocycles. The van der Waals surface area contributed by atoms with Crippen molar-refractivity contribution in [3.63, 3.8) is 0 Å². The molecule has 0 bridgehead atoms.